The van der Waals surface area contributed by atoms with Crippen molar-refractivity contribution in [2.45, 2.75) is 18.8 Å². The van der Waals surface area contributed by atoms with Gasteiger partial charge in [0, 0.05) is 5.92 Å². The van der Waals surface area contributed by atoms with Gasteiger partial charge >= 0.3 is 0 Å². The van der Waals surface area contributed by atoms with Gasteiger partial charge in [-0.05, 0) is 12.8 Å². The Morgan fingerprint density at radius 1 is 1.40 bits per heavy atom. The molecule has 0 saturated heterocycles. The van der Waals surface area contributed by atoms with Gasteiger partial charge in [0.2, 0.25) is 0 Å². The number of hydrogen-bond acceptors (Lipinski definition) is 2. The van der Waals surface area contributed by atoms with Gasteiger partial charge in [-0.3, -0.25) is 15.0 Å². The number of aromatic nitrogens is 2. The summed E-state index contributed by atoms with van der Waals surface area (Å²) in [5.74, 6) is 0.513. The summed E-state index contributed by atoms with van der Waals surface area (Å²) < 4.78 is 0. The van der Waals surface area contributed by atoms with E-state index < -0.39 is 0 Å². The number of nitrogens with one attached hydrogen (secondary N) is 2. The Kier molecular flexibility index (Phi) is 0.922. The van der Waals surface area contributed by atoms with Crippen molar-refractivity contribution in [1.82, 2.24) is 10.2 Å². The summed E-state index contributed by atoms with van der Waals surface area (Å²) in [6, 6.07) is 0. The highest BCUT2D eigenvalue weighted by molar-refractivity contribution is 5.43. The lowest BCUT2D eigenvalue weighted by Crippen LogP contribution is -2.05. The van der Waals surface area contributed by atoms with Crippen molar-refractivity contribution >= 4 is 5.69 Å². The minimum absolute atomic E-state index is 0.193. The molecule has 4 heteroatoms. The normalized spacial score (nSPS) is 17.6. The van der Waals surface area contributed by atoms with Crippen LogP contribution in [0.1, 0.15) is 24.5 Å². The fraction of sp³-hybridized carbons (Fsp3) is 0.500. The first-order chi connectivity index (χ1) is 4.79. The van der Waals surface area contributed by atoms with Crippen LogP contribution in [0.15, 0.2) is 4.79 Å². The van der Waals surface area contributed by atoms with Crippen molar-refractivity contribution in [2.75, 3.05) is 5.73 Å². The molecule has 0 amide bonds. The average molecular weight is 139 g/mol. The summed E-state index contributed by atoms with van der Waals surface area (Å²) in [7, 11) is 0. The second-order valence-corrected chi connectivity index (χ2v) is 2.68. The quantitative estimate of drug-likeness (QED) is 0.518. The van der Waals surface area contributed by atoms with Crippen LogP contribution >= 0.6 is 0 Å². The van der Waals surface area contributed by atoms with Gasteiger partial charge in [-0.25, -0.2) is 0 Å². The fourth-order valence-corrected chi connectivity index (χ4v) is 1.08. The molecule has 0 spiro atoms. The number of anilines is 1. The van der Waals surface area contributed by atoms with Crippen LogP contribution in [-0.2, 0) is 0 Å². The lowest BCUT2D eigenvalue weighted by Gasteiger charge is -1.89. The van der Waals surface area contributed by atoms with E-state index in [0.717, 1.165) is 18.5 Å². The molecule has 54 valence electrons. The molecule has 0 atom stereocenters. The van der Waals surface area contributed by atoms with E-state index >= 15 is 0 Å². The third-order valence-corrected chi connectivity index (χ3v) is 1.83. The van der Waals surface area contributed by atoms with E-state index in [1.807, 2.05) is 0 Å². The number of H-pyrrole nitrogens is 2. The topological polar surface area (TPSA) is 74.7 Å². The predicted octanol–water partition coefficient (Wildman–Crippen LogP) is 0.163. The fourth-order valence-electron chi connectivity index (χ4n) is 1.08. The van der Waals surface area contributed by atoms with E-state index in [0.29, 0.717) is 11.6 Å². The molecule has 4 nitrogen and oxygen atoms in total. The third-order valence-electron chi connectivity index (χ3n) is 1.83. The maximum absolute atomic E-state index is 10.8. The number of hydrogen-bond donors (Lipinski definition) is 3. The Hall–Kier alpha value is -1.19. The molecule has 10 heavy (non-hydrogen) atoms. The van der Waals surface area contributed by atoms with Crippen LogP contribution < -0.4 is 11.3 Å². The van der Waals surface area contributed by atoms with Crippen molar-refractivity contribution in [3.63, 3.8) is 0 Å². The average Bonchev–Trinajstić information content (AvgIpc) is 2.67. The smallest absolute Gasteiger partial charge is 0.287 e. The highest BCUT2D eigenvalue weighted by atomic mass is 16.1. The molecule has 0 radical (unpaired) electrons. The molecular formula is C6H9N3O. The zero-order valence-corrected chi connectivity index (χ0v) is 5.48. The first-order valence-electron chi connectivity index (χ1n) is 3.35. The Bertz CT molecular complexity index is 294. The van der Waals surface area contributed by atoms with Crippen molar-refractivity contribution in [3.05, 3.63) is 16.0 Å². The first kappa shape index (κ1) is 5.58. The van der Waals surface area contributed by atoms with Gasteiger partial charge < -0.3 is 5.73 Å². The number of nitrogen functional groups attached to an aromatic ring is 1. The standard InChI is InChI=1S/C6H9N3O/c7-4-5(3-1-2-3)8-9-6(4)10/h3H,1-2,7H2,(H2,8,9,10). The van der Waals surface area contributed by atoms with E-state index in [9.17, 15) is 4.79 Å². The molecule has 2 rings (SSSR count). The van der Waals surface area contributed by atoms with E-state index in [2.05, 4.69) is 10.2 Å². The summed E-state index contributed by atoms with van der Waals surface area (Å²) in [6.45, 7) is 0. The largest absolute Gasteiger partial charge is 0.393 e. The van der Waals surface area contributed by atoms with Crippen LogP contribution in [0, 0.1) is 0 Å². The van der Waals surface area contributed by atoms with Crippen LogP contribution in [0.4, 0.5) is 5.69 Å². The highest BCUT2D eigenvalue weighted by Gasteiger charge is 2.27. The van der Waals surface area contributed by atoms with Crippen molar-refractivity contribution < 1.29 is 0 Å². The number of aromatic amines is 2. The molecule has 1 aliphatic rings. The SMILES string of the molecule is Nc1c(C2CC2)[nH][nH]c1=O. The van der Waals surface area contributed by atoms with E-state index in [4.69, 9.17) is 5.73 Å². The Labute approximate surface area is 57.4 Å². The Morgan fingerprint density at radius 2 is 2.10 bits per heavy atom. The molecule has 1 heterocycles. The summed E-state index contributed by atoms with van der Waals surface area (Å²) >= 11 is 0. The van der Waals surface area contributed by atoms with Gasteiger partial charge in [-0.15, -0.1) is 0 Å². The molecular weight excluding hydrogens is 130 g/mol. The molecule has 0 aromatic carbocycles. The molecule has 1 saturated carbocycles. The van der Waals surface area contributed by atoms with Crippen LogP contribution in [0.5, 0.6) is 0 Å². The van der Waals surface area contributed by atoms with Gasteiger partial charge in [-0.2, -0.15) is 0 Å². The summed E-state index contributed by atoms with van der Waals surface area (Å²) in [4.78, 5) is 10.8. The van der Waals surface area contributed by atoms with Crippen LogP contribution in [-0.4, -0.2) is 10.2 Å². The lowest BCUT2D eigenvalue weighted by atomic mass is 10.3. The summed E-state index contributed by atoms with van der Waals surface area (Å²) in [6.07, 6.45) is 2.30. The number of rotatable bonds is 1. The number of nitrogens with two attached hydrogens (primary N) is 1. The van der Waals surface area contributed by atoms with Gasteiger partial charge in [-0.1, -0.05) is 0 Å². The zero-order chi connectivity index (χ0) is 7.14. The minimum atomic E-state index is -0.193. The minimum Gasteiger partial charge on any atom is -0.393 e. The van der Waals surface area contributed by atoms with E-state index in [-0.39, 0.29) is 5.56 Å². The molecule has 4 N–H and O–H groups in total. The maximum Gasteiger partial charge on any atom is 0.287 e. The lowest BCUT2D eigenvalue weighted by molar-refractivity contribution is 0.957. The maximum atomic E-state index is 10.8. The molecule has 1 fully saturated rings. The van der Waals surface area contributed by atoms with Crippen molar-refractivity contribution in [2.24, 2.45) is 0 Å². The van der Waals surface area contributed by atoms with Crippen molar-refractivity contribution in [1.29, 1.82) is 0 Å². The summed E-state index contributed by atoms with van der Waals surface area (Å²) in [5.41, 5.74) is 6.53. The van der Waals surface area contributed by atoms with Gasteiger partial charge in [0.15, 0.2) is 0 Å². The van der Waals surface area contributed by atoms with Crippen LogP contribution in [0.25, 0.3) is 0 Å². The predicted molar refractivity (Wildman–Crippen MR) is 37.8 cm³/mol. The van der Waals surface area contributed by atoms with Crippen LogP contribution in [0.3, 0.4) is 0 Å². The molecule has 1 aromatic rings. The van der Waals surface area contributed by atoms with Gasteiger partial charge in [0.1, 0.15) is 5.69 Å². The monoisotopic (exact) mass is 139 g/mol. The highest BCUT2D eigenvalue weighted by Crippen LogP contribution is 2.40. The molecule has 0 unspecified atom stereocenters. The van der Waals surface area contributed by atoms with Gasteiger partial charge in [0.05, 0.1) is 5.69 Å². The van der Waals surface area contributed by atoms with Crippen molar-refractivity contribution in [3.8, 4) is 0 Å². The summed E-state index contributed by atoms with van der Waals surface area (Å²) in [5, 5.41) is 5.23. The first-order valence-corrected chi connectivity index (χ1v) is 3.35. The zero-order valence-electron chi connectivity index (χ0n) is 5.48. The molecule has 0 bridgehead atoms. The molecule has 0 aliphatic heterocycles. The van der Waals surface area contributed by atoms with Gasteiger partial charge in [0.25, 0.3) is 5.56 Å². The second kappa shape index (κ2) is 1.65. The van der Waals surface area contributed by atoms with Crippen LogP contribution in [0.2, 0.25) is 0 Å². The Balaban J connectivity index is 2.49. The second-order valence-electron chi connectivity index (χ2n) is 2.68. The van der Waals surface area contributed by atoms with E-state index in [1.165, 1.54) is 0 Å². The molecule has 1 aliphatic carbocycles. The molecule has 1 aromatic heterocycles. The van der Waals surface area contributed by atoms with E-state index in [1.54, 1.807) is 0 Å². The third kappa shape index (κ3) is 0.650. The Morgan fingerprint density at radius 3 is 2.50 bits per heavy atom.